The molecule has 0 saturated carbocycles. The monoisotopic (exact) mass is 327 g/mol. The van der Waals surface area contributed by atoms with Gasteiger partial charge in [0, 0.05) is 25.7 Å². The van der Waals surface area contributed by atoms with E-state index in [1.165, 1.54) is 0 Å². The summed E-state index contributed by atoms with van der Waals surface area (Å²) in [5.74, 6) is 1.73. The van der Waals surface area contributed by atoms with Crippen LogP contribution in [0.4, 0.5) is 5.82 Å². The van der Waals surface area contributed by atoms with E-state index in [2.05, 4.69) is 33.9 Å². The lowest BCUT2D eigenvalue weighted by molar-refractivity contribution is 0.349. The van der Waals surface area contributed by atoms with Gasteiger partial charge in [0.2, 0.25) is 0 Å². The molecular formula is C18H25N5O. The van der Waals surface area contributed by atoms with Crippen LogP contribution in [0.3, 0.4) is 0 Å². The standard InChI is InChI=1S/C18H25N5O/c1-13(2)16-10-18(24)23(12-19-16)11-15-6-8-22(9-7-15)17-5-4-14(3)20-21-17/h4-5,10,12-13,15H,6-9,11H2,1-3H3. The Hall–Kier alpha value is -2.24. The van der Waals surface area contributed by atoms with Crippen LogP contribution >= 0.6 is 0 Å². The van der Waals surface area contributed by atoms with Crippen molar-refractivity contribution in [3.63, 3.8) is 0 Å². The molecule has 0 unspecified atom stereocenters. The fraction of sp³-hybridized carbons (Fsp3) is 0.556. The summed E-state index contributed by atoms with van der Waals surface area (Å²) in [6.45, 7) is 8.70. The van der Waals surface area contributed by atoms with Crippen molar-refractivity contribution in [1.82, 2.24) is 19.7 Å². The SMILES string of the molecule is Cc1ccc(N2CCC(Cn3cnc(C(C)C)cc3=O)CC2)nn1. The van der Waals surface area contributed by atoms with Gasteiger partial charge in [-0.15, -0.1) is 5.10 Å². The van der Waals surface area contributed by atoms with Gasteiger partial charge in [-0.2, -0.15) is 5.10 Å². The first kappa shape index (κ1) is 16.6. The summed E-state index contributed by atoms with van der Waals surface area (Å²) in [5, 5.41) is 8.39. The van der Waals surface area contributed by atoms with Crippen LogP contribution in [-0.4, -0.2) is 32.8 Å². The lowest BCUT2D eigenvalue weighted by Gasteiger charge is -2.32. The van der Waals surface area contributed by atoms with E-state index in [4.69, 9.17) is 0 Å². The molecule has 0 aromatic carbocycles. The second kappa shape index (κ2) is 7.11. The normalized spacial score (nSPS) is 15.9. The van der Waals surface area contributed by atoms with Gasteiger partial charge in [-0.25, -0.2) is 4.98 Å². The average molecular weight is 327 g/mol. The molecule has 128 valence electrons. The molecule has 24 heavy (non-hydrogen) atoms. The van der Waals surface area contributed by atoms with Crippen molar-refractivity contribution in [1.29, 1.82) is 0 Å². The lowest BCUT2D eigenvalue weighted by atomic mass is 9.96. The van der Waals surface area contributed by atoms with Gasteiger partial charge < -0.3 is 4.90 Å². The Morgan fingerprint density at radius 2 is 1.96 bits per heavy atom. The Labute approximate surface area is 142 Å². The predicted octanol–water partition coefficient (Wildman–Crippen LogP) is 2.38. The van der Waals surface area contributed by atoms with Crippen LogP contribution in [0.2, 0.25) is 0 Å². The third kappa shape index (κ3) is 3.80. The highest BCUT2D eigenvalue weighted by atomic mass is 16.1. The van der Waals surface area contributed by atoms with Crippen molar-refractivity contribution in [2.24, 2.45) is 5.92 Å². The number of nitrogens with zero attached hydrogens (tertiary/aromatic N) is 5. The van der Waals surface area contributed by atoms with Crippen molar-refractivity contribution in [2.45, 2.75) is 46.1 Å². The highest BCUT2D eigenvalue weighted by molar-refractivity contribution is 5.37. The van der Waals surface area contributed by atoms with Gasteiger partial charge in [-0.05, 0) is 43.7 Å². The second-order valence-electron chi connectivity index (χ2n) is 6.92. The molecule has 0 atom stereocenters. The minimum absolute atomic E-state index is 0.0560. The van der Waals surface area contributed by atoms with Crippen LogP contribution in [0.1, 0.15) is 44.0 Å². The molecule has 0 spiro atoms. The zero-order valence-corrected chi connectivity index (χ0v) is 14.6. The van der Waals surface area contributed by atoms with E-state index in [1.54, 1.807) is 17.0 Å². The molecule has 3 heterocycles. The van der Waals surface area contributed by atoms with Gasteiger partial charge in [-0.3, -0.25) is 9.36 Å². The summed E-state index contributed by atoms with van der Waals surface area (Å²) in [6, 6.07) is 5.69. The third-order valence-corrected chi connectivity index (χ3v) is 4.67. The van der Waals surface area contributed by atoms with Crippen molar-refractivity contribution < 1.29 is 0 Å². The summed E-state index contributed by atoms with van der Waals surface area (Å²) in [7, 11) is 0. The Kier molecular flexibility index (Phi) is 4.92. The first-order chi connectivity index (χ1) is 11.5. The number of aryl methyl sites for hydroxylation is 1. The molecule has 0 N–H and O–H groups in total. The summed E-state index contributed by atoms with van der Waals surface area (Å²) in [6.07, 6.45) is 3.80. The van der Waals surface area contributed by atoms with Gasteiger partial charge in [0.05, 0.1) is 17.7 Å². The van der Waals surface area contributed by atoms with E-state index in [0.29, 0.717) is 5.92 Å². The molecule has 2 aromatic rings. The molecule has 0 amide bonds. The number of rotatable bonds is 4. The molecule has 1 fully saturated rings. The Balaban J connectivity index is 1.59. The largest absolute Gasteiger partial charge is 0.355 e. The van der Waals surface area contributed by atoms with E-state index in [0.717, 1.165) is 49.7 Å². The molecule has 6 heteroatoms. The van der Waals surface area contributed by atoms with Gasteiger partial charge in [0.25, 0.3) is 5.56 Å². The molecule has 2 aromatic heterocycles. The molecule has 1 aliphatic heterocycles. The number of piperidine rings is 1. The van der Waals surface area contributed by atoms with Crippen molar-refractivity contribution in [3.8, 4) is 0 Å². The minimum atomic E-state index is 0.0560. The van der Waals surface area contributed by atoms with E-state index in [9.17, 15) is 4.79 Å². The maximum Gasteiger partial charge on any atom is 0.253 e. The lowest BCUT2D eigenvalue weighted by Crippen LogP contribution is -2.37. The van der Waals surface area contributed by atoms with Crippen LogP contribution in [0.15, 0.2) is 29.3 Å². The van der Waals surface area contributed by atoms with Crippen molar-refractivity contribution in [3.05, 3.63) is 46.3 Å². The van der Waals surface area contributed by atoms with E-state index < -0.39 is 0 Å². The molecule has 6 nitrogen and oxygen atoms in total. The molecule has 1 saturated heterocycles. The van der Waals surface area contributed by atoms with Crippen LogP contribution in [0.5, 0.6) is 0 Å². The third-order valence-electron chi connectivity index (χ3n) is 4.67. The quantitative estimate of drug-likeness (QED) is 0.863. The fourth-order valence-corrected chi connectivity index (χ4v) is 3.08. The fourth-order valence-electron chi connectivity index (χ4n) is 3.08. The van der Waals surface area contributed by atoms with Gasteiger partial charge >= 0.3 is 0 Å². The zero-order valence-electron chi connectivity index (χ0n) is 14.6. The minimum Gasteiger partial charge on any atom is -0.355 e. The van der Waals surface area contributed by atoms with Gasteiger partial charge in [0.1, 0.15) is 0 Å². The maximum atomic E-state index is 12.2. The van der Waals surface area contributed by atoms with Crippen LogP contribution in [0, 0.1) is 12.8 Å². The highest BCUT2D eigenvalue weighted by Gasteiger charge is 2.21. The number of aromatic nitrogens is 4. The van der Waals surface area contributed by atoms with E-state index in [1.807, 2.05) is 19.1 Å². The van der Waals surface area contributed by atoms with E-state index >= 15 is 0 Å². The molecule has 0 bridgehead atoms. The Morgan fingerprint density at radius 1 is 1.21 bits per heavy atom. The van der Waals surface area contributed by atoms with Crippen LogP contribution < -0.4 is 10.5 Å². The predicted molar refractivity (Wildman–Crippen MR) is 94.3 cm³/mol. The number of hydrogen-bond donors (Lipinski definition) is 0. The molecule has 0 aliphatic carbocycles. The summed E-state index contributed by atoms with van der Waals surface area (Å²) in [4.78, 5) is 18.9. The Bertz CT molecular complexity index is 730. The van der Waals surface area contributed by atoms with Crippen molar-refractivity contribution >= 4 is 5.82 Å². The second-order valence-corrected chi connectivity index (χ2v) is 6.92. The highest BCUT2D eigenvalue weighted by Crippen LogP contribution is 2.22. The average Bonchev–Trinajstić information content (AvgIpc) is 2.58. The first-order valence-electron chi connectivity index (χ1n) is 8.64. The molecule has 1 aliphatic rings. The summed E-state index contributed by atoms with van der Waals surface area (Å²) >= 11 is 0. The zero-order chi connectivity index (χ0) is 17.1. The molecule has 0 radical (unpaired) electrons. The van der Waals surface area contributed by atoms with Crippen LogP contribution in [-0.2, 0) is 6.54 Å². The molecule has 3 rings (SSSR count). The summed E-state index contributed by atoms with van der Waals surface area (Å²) < 4.78 is 1.75. The summed E-state index contributed by atoms with van der Waals surface area (Å²) in [5.41, 5.74) is 1.86. The van der Waals surface area contributed by atoms with Crippen molar-refractivity contribution in [2.75, 3.05) is 18.0 Å². The van der Waals surface area contributed by atoms with Gasteiger partial charge in [0.15, 0.2) is 5.82 Å². The molecular weight excluding hydrogens is 302 g/mol. The smallest absolute Gasteiger partial charge is 0.253 e. The number of hydrogen-bond acceptors (Lipinski definition) is 5. The topological polar surface area (TPSA) is 63.9 Å². The van der Waals surface area contributed by atoms with Gasteiger partial charge in [-0.1, -0.05) is 13.8 Å². The van der Waals surface area contributed by atoms with Crippen LogP contribution in [0.25, 0.3) is 0 Å². The maximum absolute atomic E-state index is 12.2. The first-order valence-corrected chi connectivity index (χ1v) is 8.64. The number of anilines is 1. The van der Waals surface area contributed by atoms with E-state index in [-0.39, 0.29) is 11.5 Å². The Morgan fingerprint density at radius 3 is 2.54 bits per heavy atom.